The Morgan fingerprint density at radius 3 is 2.22 bits per heavy atom. The van der Waals surface area contributed by atoms with Crippen molar-refractivity contribution >= 4 is 21.9 Å². The van der Waals surface area contributed by atoms with Crippen molar-refractivity contribution in [1.82, 2.24) is 0 Å². The highest BCUT2D eigenvalue weighted by atomic mass is 79.9. The van der Waals surface area contributed by atoms with Crippen molar-refractivity contribution in [3.8, 4) is 0 Å². The molecule has 1 aliphatic heterocycles. The average molecular weight is 313 g/mol. The number of ether oxygens (including phenoxy) is 3. The molecule has 1 saturated heterocycles. The van der Waals surface area contributed by atoms with Gasteiger partial charge >= 0.3 is 5.97 Å². The summed E-state index contributed by atoms with van der Waals surface area (Å²) in [4.78, 5) is 12.1. The predicted octanol–water partition coefficient (Wildman–Crippen LogP) is 0.788. The van der Waals surface area contributed by atoms with Crippen LogP contribution in [0.15, 0.2) is 0 Å². The number of rotatable bonds is 1. The molecule has 18 heavy (non-hydrogen) atoms. The van der Waals surface area contributed by atoms with Gasteiger partial charge < -0.3 is 14.2 Å². The number of carbonyl (C=O) groups is 1. The summed E-state index contributed by atoms with van der Waals surface area (Å²) in [6.07, 6.45) is 0. The lowest BCUT2D eigenvalue weighted by atomic mass is 9.13. The predicted molar refractivity (Wildman–Crippen MR) is 61.7 cm³/mol. The number of halogens is 1. The topological polar surface area (TPSA) is 44.8 Å². The van der Waals surface area contributed by atoms with Gasteiger partial charge in [0.25, 0.3) is 0 Å². The van der Waals surface area contributed by atoms with Gasteiger partial charge in [0, 0.05) is 5.92 Å². The molecule has 0 N–H and O–H groups in total. The van der Waals surface area contributed by atoms with Crippen LogP contribution in [0.1, 0.15) is 0 Å². The smallest absolute Gasteiger partial charge is 0.312 e. The lowest BCUT2D eigenvalue weighted by molar-refractivity contribution is -0.421. The Kier molecular flexibility index (Phi) is 1.19. The van der Waals surface area contributed by atoms with E-state index in [0.717, 1.165) is 0 Å². The average Bonchev–Trinajstić information content (AvgIpc) is 2.89. The van der Waals surface area contributed by atoms with Gasteiger partial charge in [0.1, 0.15) is 0 Å². The largest absolute Gasteiger partial charge is 0.469 e. The summed E-state index contributed by atoms with van der Waals surface area (Å²) in [5.74, 6) is 2.63. The van der Waals surface area contributed by atoms with Crippen molar-refractivity contribution in [1.29, 1.82) is 0 Å². The molecule has 4 nitrogen and oxygen atoms in total. The number of methoxy groups -OCH3 is 1. The van der Waals surface area contributed by atoms with E-state index in [2.05, 4.69) is 15.9 Å². The molecule has 6 aliphatic carbocycles. The maximum atomic E-state index is 12.1. The number of carbonyl (C=O) groups excluding carboxylic acids is 1. The third kappa shape index (κ3) is 0.476. The first kappa shape index (κ1) is 9.72. The van der Waals surface area contributed by atoms with Gasteiger partial charge in [-0.3, -0.25) is 4.79 Å². The number of alkyl halides is 1. The lowest BCUT2D eigenvalue weighted by Crippen LogP contribution is -2.94. The van der Waals surface area contributed by atoms with Gasteiger partial charge in [-0.1, -0.05) is 15.9 Å². The first-order valence-electron chi connectivity index (χ1n) is 6.72. The fraction of sp³-hybridized carbons (Fsp3) is 0.923. The summed E-state index contributed by atoms with van der Waals surface area (Å²) in [5.41, 5.74) is -0.134. The standard InChI is InChI=1S/C13H13BrO4/c1-16-10(15)11-4-7-5(11)9-6(11)8(4)12(7,14)13(9)17-2-3-18-13/h4-9H,2-3H2,1H3/t4?,5-,6+,7+,8-,9?,11?,12?. The summed E-state index contributed by atoms with van der Waals surface area (Å²) in [6, 6.07) is 0. The van der Waals surface area contributed by atoms with Crippen LogP contribution >= 0.6 is 15.9 Å². The molecule has 0 aromatic carbocycles. The summed E-state index contributed by atoms with van der Waals surface area (Å²) >= 11 is 3.97. The molecule has 8 atom stereocenters. The third-order valence-corrected chi connectivity index (χ3v) is 8.78. The second kappa shape index (κ2) is 2.21. The molecule has 1 spiro atoms. The van der Waals surface area contributed by atoms with Gasteiger partial charge in [0.15, 0.2) is 5.79 Å². The zero-order valence-electron chi connectivity index (χ0n) is 9.89. The van der Waals surface area contributed by atoms with Gasteiger partial charge in [-0.2, -0.15) is 0 Å². The molecule has 0 aromatic rings. The van der Waals surface area contributed by atoms with Crippen molar-refractivity contribution in [2.45, 2.75) is 10.1 Å². The van der Waals surface area contributed by atoms with Crippen LogP contribution in [0, 0.1) is 40.9 Å². The second-order valence-corrected chi connectivity index (χ2v) is 8.02. The van der Waals surface area contributed by atoms with E-state index in [-0.39, 0.29) is 15.7 Å². The SMILES string of the molecule is COC(=O)C12C3[C@@H]4[C@H]1C1[C@H]2[C@H]3C4(Br)C12OCCO2. The van der Waals surface area contributed by atoms with Crippen LogP contribution in [0.5, 0.6) is 0 Å². The van der Waals surface area contributed by atoms with Crippen LogP contribution in [0.2, 0.25) is 0 Å². The minimum Gasteiger partial charge on any atom is -0.469 e. The Hall–Kier alpha value is -0.130. The Balaban J connectivity index is 1.53. The minimum atomic E-state index is -0.414. The van der Waals surface area contributed by atoms with Crippen LogP contribution in [0.3, 0.4) is 0 Å². The fourth-order valence-electron chi connectivity index (χ4n) is 7.20. The molecule has 7 fully saturated rings. The normalized spacial score (nSPS) is 69.9. The molecule has 2 bridgehead atoms. The number of hydrogen-bond acceptors (Lipinski definition) is 4. The van der Waals surface area contributed by atoms with E-state index in [0.29, 0.717) is 48.7 Å². The first-order chi connectivity index (χ1) is 8.67. The summed E-state index contributed by atoms with van der Waals surface area (Å²) < 4.78 is 17.2. The minimum absolute atomic E-state index is 0.0109. The van der Waals surface area contributed by atoms with E-state index >= 15 is 0 Å². The molecule has 1 heterocycles. The molecule has 96 valence electrons. The van der Waals surface area contributed by atoms with E-state index in [1.165, 1.54) is 7.11 Å². The Morgan fingerprint density at radius 2 is 1.67 bits per heavy atom. The molecule has 7 aliphatic rings. The highest BCUT2D eigenvalue weighted by Gasteiger charge is 3.10. The van der Waals surface area contributed by atoms with Crippen molar-refractivity contribution in [2.75, 3.05) is 20.3 Å². The molecular weight excluding hydrogens is 300 g/mol. The second-order valence-electron chi connectivity index (χ2n) is 6.71. The maximum absolute atomic E-state index is 12.1. The van der Waals surface area contributed by atoms with E-state index in [4.69, 9.17) is 14.2 Å². The molecule has 7 rings (SSSR count). The molecule has 0 radical (unpaired) electrons. The zero-order chi connectivity index (χ0) is 12.1. The van der Waals surface area contributed by atoms with Crippen LogP contribution in [0.4, 0.5) is 0 Å². The van der Waals surface area contributed by atoms with Crippen molar-refractivity contribution in [3.05, 3.63) is 0 Å². The van der Waals surface area contributed by atoms with Crippen LogP contribution in [-0.2, 0) is 19.0 Å². The van der Waals surface area contributed by atoms with Gasteiger partial charge in [-0.15, -0.1) is 0 Å². The quantitative estimate of drug-likeness (QED) is 0.530. The Bertz CT molecular complexity index is 505. The maximum Gasteiger partial charge on any atom is 0.312 e. The molecule has 0 amide bonds. The van der Waals surface area contributed by atoms with Gasteiger partial charge in [0.2, 0.25) is 0 Å². The summed E-state index contributed by atoms with van der Waals surface area (Å²) in [5, 5.41) is 0. The third-order valence-electron chi connectivity index (χ3n) is 7.17. The first-order valence-corrected chi connectivity index (χ1v) is 7.52. The highest BCUT2D eigenvalue weighted by molar-refractivity contribution is 9.10. The van der Waals surface area contributed by atoms with E-state index in [1.54, 1.807) is 0 Å². The lowest BCUT2D eigenvalue weighted by Gasteiger charge is -2.89. The monoisotopic (exact) mass is 312 g/mol. The van der Waals surface area contributed by atoms with Gasteiger partial charge in [-0.25, -0.2) is 0 Å². The Labute approximate surface area is 112 Å². The molecular formula is C13H13BrO4. The Morgan fingerprint density at radius 1 is 1.11 bits per heavy atom. The molecule has 4 unspecified atom stereocenters. The number of esters is 1. The van der Waals surface area contributed by atoms with Crippen molar-refractivity contribution in [2.24, 2.45) is 40.9 Å². The van der Waals surface area contributed by atoms with E-state index in [1.807, 2.05) is 0 Å². The number of hydrogen-bond donors (Lipinski definition) is 0. The molecule has 6 saturated carbocycles. The summed E-state index contributed by atoms with van der Waals surface area (Å²) in [6.45, 7) is 1.39. The fourth-order valence-corrected chi connectivity index (χ4v) is 8.84. The van der Waals surface area contributed by atoms with Crippen LogP contribution in [-0.4, -0.2) is 36.4 Å². The zero-order valence-corrected chi connectivity index (χ0v) is 11.5. The van der Waals surface area contributed by atoms with E-state index in [9.17, 15) is 4.79 Å². The molecule has 5 heteroatoms. The van der Waals surface area contributed by atoms with Crippen molar-refractivity contribution in [3.63, 3.8) is 0 Å². The van der Waals surface area contributed by atoms with Crippen molar-refractivity contribution < 1.29 is 19.0 Å². The molecule has 0 aromatic heterocycles. The van der Waals surface area contributed by atoms with Crippen LogP contribution in [0.25, 0.3) is 0 Å². The van der Waals surface area contributed by atoms with Gasteiger partial charge in [0.05, 0.1) is 30.1 Å². The van der Waals surface area contributed by atoms with Crippen LogP contribution < -0.4 is 0 Å². The summed E-state index contributed by atoms with van der Waals surface area (Å²) in [7, 11) is 1.52. The highest BCUT2D eigenvalue weighted by Crippen LogP contribution is 3.04. The van der Waals surface area contributed by atoms with Gasteiger partial charge in [-0.05, 0) is 29.6 Å². The van der Waals surface area contributed by atoms with E-state index < -0.39 is 5.79 Å².